The van der Waals surface area contributed by atoms with Crippen molar-refractivity contribution in [2.75, 3.05) is 39.0 Å². The molecule has 0 saturated carbocycles. The van der Waals surface area contributed by atoms with Gasteiger partial charge in [0.1, 0.15) is 4.88 Å². The minimum absolute atomic E-state index is 0.0106. The Morgan fingerprint density at radius 3 is 2.79 bits per heavy atom. The Morgan fingerprint density at radius 2 is 2.26 bits per heavy atom. The Morgan fingerprint density at radius 1 is 1.58 bits per heavy atom. The molecule has 5 nitrogen and oxygen atoms in total. The summed E-state index contributed by atoms with van der Waals surface area (Å²) >= 11 is 1.37. The molecule has 2 rings (SSSR count). The van der Waals surface area contributed by atoms with Crippen LogP contribution in [0.3, 0.4) is 0 Å². The van der Waals surface area contributed by atoms with E-state index in [1.807, 2.05) is 5.38 Å². The van der Waals surface area contributed by atoms with Crippen LogP contribution in [0.15, 0.2) is 11.4 Å². The molecule has 2 heterocycles. The van der Waals surface area contributed by atoms with Crippen molar-refractivity contribution in [1.82, 2.24) is 9.80 Å². The first kappa shape index (κ1) is 14.3. The first-order valence-electron chi connectivity index (χ1n) is 6.57. The molecule has 0 unspecified atom stereocenters. The summed E-state index contributed by atoms with van der Waals surface area (Å²) in [6.45, 7) is 2.34. The van der Waals surface area contributed by atoms with Crippen LogP contribution in [0.2, 0.25) is 0 Å². The summed E-state index contributed by atoms with van der Waals surface area (Å²) in [4.78, 5) is 17.2. The zero-order chi connectivity index (χ0) is 13.8. The second kappa shape index (κ2) is 6.36. The number of aliphatic hydroxyl groups is 1. The molecule has 1 fully saturated rings. The molecule has 3 N–H and O–H groups in total. The fourth-order valence-electron chi connectivity index (χ4n) is 2.49. The van der Waals surface area contributed by atoms with Gasteiger partial charge in [-0.05, 0) is 44.4 Å². The van der Waals surface area contributed by atoms with Crippen LogP contribution in [0, 0.1) is 0 Å². The number of carbonyl (C=O) groups excluding carboxylic acids is 1. The van der Waals surface area contributed by atoms with E-state index < -0.39 is 0 Å². The topological polar surface area (TPSA) is 69.8 Å². The SMILES string of the molecule is CN1CCC(N(CCO)C(=O)c2sccc2N)CC1. The molecule has 6 heteroatoms. The van der Waals surface area contributed by atoms with Gasteiger partial charge in [-0.15, -0.1) is 11.3 Å². The summed E-state index contributed by atoms with van der Waals surface area (Å²) < 4.78 is 0. The van der Waals surface area contributed by atoms with E-state index in [0.717, 1.165) is 25.9 Å². The third-order valence-electron chi connectivity index (χ3n) is 3.62. The highest BCUT2D eigenvalue weighted by atomic mass is 32.1. The van der Waals surface area contributed by atoms with Gasteiger partial charge >= 0.3 is 0 Å². The van der Waals surface area contributed by atoms with Crippen LogP contribution in [0.4, 0.5) is 5.69 Å². The van der Waals surface area contributed by atoms with Crippen molar-refractivity contribution in [3.63, 3.8) is 0 Å². The molecule has 19 heavy (non-hydrogen) atoms. The predicted molar refractivity (Wildman–Crippen MR) is 77.4 cm³/mol. The number of nitrogens with zero attached hydrogens (tertiary/aromatic N) is 2. The summed E-state index contributed by atoms with van der Waals surface area (Å²) in [6, 6.07) is 1.96. The maximum Gasteiger partial charge on any atom is 0.266 e. The lowest BCUT2D eigenvalue weighted by atomic mass is 10.0. The molecule has 0 atom stereocenters. The lowest BCUT2D eigenvalue weighted by molar-refractivity contribution is 0.0545. The standard InChI is InChI=1S/C13H21N3O2S/c1-15-5-2-10(3-6-15)16(7-8-17)13(18)12-11(14)4-9-19-12/h4,9-10,17H,2-3,5-8,14H2,1H3. The molecule has 0 radical (unpaired) electrons. The van der Waals surface area contributed by atoms with Gasteiger partial charge in [0.2, 0.25) is 0 Å². The maximum absolute atomic E-state index is 12.5. The second-order valence-electron chi connectivity index (χ2n) is 4.96. The number of nitrogens with two attached hydrogens (primary N) is 1. The average Bonchev–Trinajstić information content (AvgIpc) is 2.83. The van der Waals surface area contributed by atoms with Crippen molar-refractivity contribution in [2.24, 2.45) is 0 Å². The van der Waals surface area contributed by atoms with Gasteiger partial charge < -0.3 is 20.6 Å². The van der Waals surface area contributed by atoms with Crippen LogP contribution in [0.1, 0.15) is 22.5 Å². The number of nitrogen functional groups attached to an aromatic ring is 1. The molecule has 0 spiro atoms. The Bertz CT molecular complexity index is 427. The zero-order valence-corrected chi connectivity index (χ0v) is 12.0. The molecule has 0 aromatic carbocycles. The molecule has 0 aliphatic carbocycles. The molecule has 1 aromatic rings. The average molecular weight is 283 g/mol. The van der Waals surface area contributed by atoms with Crippen molar-refractivity contribution < 1.29 is 9.90 Å². The van der Waals surface area contributed by atoms with Crippen LogP contribution in [-0.4, -0.2) is 60.1 Å². The minimum atomic E-state index is -0.0453. The van der Waals surface area contributed by atoms with E-state index in [-0.39, 0.29) is 18.6 Å². The molecule has 1 aliphatic heterocycles. The quantitative estimate of drug-likeness (QED) is 0.860. The normalized spacial score (nSPS) is 17.6. The Hall–Kier alpha value is -1.11. The highest BCUT2D eigenvalue weighted by Gasteiger charge is 2.28. The van der Waals surface area contributed by atoms with E-state index in [2.05, 4.69) is 11.9 Å². The van der Waals surface area contributed by atoms with Crippen LogP contribution in [0.25, 0.3) is 0 Å². The fraction of sp³-hybridized carbons (Fsp3) is 0.615. The van der Waals surface area contributed by atoms with Crippen LogP contribution in [0.5, 0.6) is 0 Å². The lowest BCUT2D eigenvalue weighted by Crippen LogP contribution is -2.47. The monoisotopic (exact) mass is 283 g/mol. The number of piperidine rings is 1. The number of anilines is 1. The molecule has 1 aliphatic rings. The van der Waals surface area contributed by atoms with Gasteiger partial charge in [-0.25, -0.2) is 0 Å². The van der Waals surface area contributed by atoms with Gasteiger partial charge in [-0.1, -0.05) is 0 Å². The van der Waals surface area contributed by atoms with Crippen molar-refractivity contribution in [3.05, 3.63) is 16.3 Å². The molecule has 1 saturated heterocycles. The highest BCUT2D eigenvalue weighted by molar-refractivity contribution is 7.12. The Balaban J connectivity index is 2.11. The van der Waals surface area contributed by atoms with E-state index >= 15 is 0 Å². The zero-order valence-electron chi connectivity index (χ0n) is 11.2. The van der Waals surface area contributed by atoms with Gasteiger partial charge in [0.15, 0.2) is 0 Å². The molecule has 0 bridgehead atoms. The van der Waals surface area contributed by atoms with Gasteiger partial charge in [0.05, 0.1) is 12.3 Å². The fourth-order valence-corrected chi connectivity index (χ4v) is 3.26. The van der Waals surface area contributed by atoms with E-state index in [0.29, 0.717) is 17.1 Å². The number of thiophene rings is 1. The Kier molecular flexibility index (Phi) is 4.79. The number of rotatable bonds is 4. The first-order chi connectivity index (χ1) is 9.13. The van der Waals surface area contributed by atoms with Crippen molar-refractivity contribution in [2.45, 2.75) is 18.9 Å². The number of amides is 1. The number of hydrogen-bond acceptors (Lipinski definition) is 5. The van der Waals surface area contributed by atoms with E-state index in [4.69, 9.17) is 5.73 Å². The summed E-state index contributed by atoms with van der Waals surface area (Å²) in [5, 5.41) is 11.0. The van der Waals surface area contributed by atoms with Crippen LogP contribution in [-0.2, 0) is 0 Å². The van der Waals surface area contributed by atoms with Crippen molar-refractivity contribution in [3.8, 4) is 0 Å². The van der Waals surface area contributed by atoms with Gasteiger partial charge in [0, 0.05) is 12.6 Å². The number of aliphatic hydroxyl groups excluding tert-OH is 1. The smallest absolute Gasteiger partial charge is 0.266 e. The van der Waals surface area contributed by atoms with Crippen LogP contribution >= 0.6 is 11.3 Å². The lowest BCUT2D eigenvalue weighted by Gasteiger charge is -2.37. The molecular weight excluding hydrogens is 262 g/mol. The molecule has 1 amide bonds. The summed E-state index contributed by atoms with van der Waals surface area (Å²) in [6.07, 6.45) is 1.90. The predicted octanol–water partition coefficient (Wildman–Crippen LogP) is 0.859. The van der Waals surface area contributed by atoms with Crippen molar-refractivity contribution in [1.29, 1.82) is 0 Å². The van der Waals surface area contributed by atoms with Crippen molar-refractivity contribution >= 4 is 22.9 Å². The van der Waals surface area contributed by atoms with Crippen LogP contribution < -0.4 is 5.73 Å². The Labute approximate surface area is 117 Å². The van der Waals surface area contributed by atoms with Gasteiger partial charge in [-0.2, -0.15) is 0 Å². The third kappa shape index (κ3) is 3.26. The van der Waals surface area contributed by atoms with E-state index in [1.54, 1.807) is 11.0 Å². The van der Waals surface area contributed by atoms with Gasteiger partial charge in [-0.3, -0.25) is 4.79 Å². The minimum Gasteiger partial charge on any atom is -0.397 e. The molecule has 1 aromatic heterocycles. The van der Waals surface area contributed by atoms with Gasteiger partial charge in [0.25, 0.3) is 5.91 Å². The summed E-state index contributed by atoms with van der Waals surface area (Å²) in [7, 11) is 2.09. The maximum atomic E-state index is 12.5. The molecular formula is C13H21N3O2S. The molecule has 106 valence electrons. The number of likely N-dealkylation sites (tertiary alicyclic amines) is 1. The van der Waals surface area contributed by atoms with E-state index in [1.165, 1.54) is 11.3 Å². The third-order valence-corrected chi connectivity index (χ3v) is 4.54. The largest absolute Gasteiger partial charge is 0.397 e. The summed E-state index contributed by atoms with van der Waals surface area (Å²) in [5.41, 5.74) is 6.35. The van der Waals surface area contributed by atoms with E-state index in [9.17, 15) is 9.90 Å². The number of carbonyl (C=O) groups is 1. The first-order valence-corrected chi connectivity index (χ1v) is 7.44. The second-order valence-corrected chi connectivity index (χ2v) is 5.88. The summed E-state index contributed by atoms with van der Waals surface area (Å²) in [5.74, 6) is -0.0453. The number of hydrogen-bond donors (Lipinski definition) is 2. The highest BCUT2D eigenvalue weighted by Crippen LogP contribution is 2.24.